The minimum atomic E-state index is -0.855. The summed E-state index contributed by atoms with van der Waals surface area (Å²) in [5.41, 5.74) is 0.676. The maximum atomic E-state index is 13.1. The van der Waals surface area contributed by atoms with Gasteiger partial charge in [-0.15, -0.1) is 0 Å². The van der Waals surface area contributed by atoms with Gasteiger partial charge in [0.15, 0.2) is 0 Å². The van der Waals surface area contributed by atoms with Gasteiger partial charge >= 0.3 is 5.97 Å². The Morgan fingerprint density at radius 3 is 1.74 bits per heavy atom. The molecule has 176 valence electrons. The van der Waals surface area contributed by atoms with Crippen LogP contribution in [0.3, 0.4) is 0 Å². The first-order valence-corrected chi connectivity index (χ1v) is 16.9. The monoisotopic (exact) mass is 521 g/mol. The maximum Gasteiger partial charge on any atom is 0.355 e. The van der Waals surface area contributed by atoms with Gasteiger partial charge in [-0.25, -0.2) is 4.79 Å². The lowest BCUT2D eigenvalue weighted by atomic mass is 9.88. The Kier molecular flexibility index (Phi) is 8.00. The lowest BCUT2D eigenvalue weighted by Gasteiger charge is -2.38. The van der Waals surface area contributed by atoms with Crippen LogP contribution in [0.15, 0.2) is 10.6 Å². The molecule has 2 heterocycles. The second-order valence-electron chi connectivity index (χ2n) is 12.5. The van der Waals surface area contributed by atoms with E-state index in [1.54, 1.807) is 0 Å². The van der Waals surface area contributed by atoms with Gasteiger partial charge in [0, 0.05) is 26.0 Å². The number of rotatable bonds is 2. The van der Waals surface area contributed by atoms with Crippen molar-refractivity contribution in [2.24, 2.45) is 16.2 Å². The third kappa shape index (κ3) is 5.44. The van der Waals surface area contributed by atoms with Gasteiger partial charge in [0.25, 0.3) is 0 Å². The van der Waals surface area contributed by atoms with E-state index >= 15 is 0 Å². The molecule has 1 aromatic heterocycles. The van der Waals surface area contributed by atoms with Gasteiger partial charge in [-0.2, -0.15) is 0 Å². The molecular weight excluding hydrogens is 482 g/mol. The van der Waals surface area contributed by atoms with E-state index in [9.17, 15) is 4.79 Å². The van der Waals surface area contributed by atoms with Crippen molar-refractivity contribution < 1.29 is 9.53 Å². The molecule has 0 aliphatic carbocycles. The van der Waals surface area contributed by atoms with E-state index in [4.69, 9.17) is 16.0 Å². The predicted octanol–water partition coefficient (Wildman–Crippen LogP) is 10.3. The van der Waals surface area contributed by atoms with Crippen molar-refractivity contribution in [3.8, 4) is 0 Å². The topological polar surface area (TPSA) is 31.2 Å². The van der Waals surface area contributed by atoms with Crippen LogP contribution in [-0.4, -0.2) is 22.6 Å². The normalized spacial score (nSPS) is 24.0. The Bertz CT molecular complexity index is 879. The summed E-state index contributed by atoms with van der Waals surface area (Å²) in [4.78, 5) is 13.1. The highest BCUT2D eigenvalue weighted by atomic mass is 35.7. The third-order valence-electron chi connectivity index (χ3n) is 5.26. The van der Waals surface area contributed by atoms with Gasteiger partial charge in [0.05, 0.1) is 15.1 Å². The van der Waals surface area contributed by atoms with E-state index in [0.29, 0.717) is 5.40 Å². The van der Waals surface area contributed by atoms with Crippen LogP contribution in [-0.2, 0) is 10.2 Å². The van der Waals surface area contributed by atoms with Crippen molar-refractivity contribution in [3.05, 3.63) is 21.6 Å². The summed E-state index contributed by atoms with van der Waals surface area (Å²) in [6, 6.07) is 0. The number of methoxy groups -OCH3 is 1. The third-order valence-corrected chi connectivity index (χ3v) is 18.2. The molecule has 0 aromatic carbocycles. The molecule has 0 amide bonds. The van der Waals surface area contributed by atoms with Gasteiger partial charge in [-0.05, 0) is 40.2 Å². The molecule has 0 spiro atoms. The van der Waals surface area contributed by atoms with Crippen molar-refractivity contribution in [1.82, 2.24) is 4.10 Å². The lowest BCUT2D eigenvalue weighted by Crippen LogP contribution is -2.25. The minimum absolute atomic E-state index is 0.00697. The van der Waals surface area contributed by atoms with Crippen LogP contribution in [0.5, 0.6) is 0 Å². The highest BCUT2D eigenvalue weighted by molar-refractivity contribution is 8.00. The van der Waals surface area contributed by atoms with Crippen LogP contribution >= 0.6 is 42.5 Å². The highest BCUT2D eigenvalue weighted by Crippen LogP contribution is 2.85. The maximum absolute atomic E-state index is 13.1. The summed E-state index contributed by atoms with van der Waals surface area (Å²) >= 11 is 7.43. The Hall–Kier alpha value is 0.500. The summed E-state index contributed by atoms with van der Waals surface area (Å²) in [5.74, 6) is -0.214. The van der Waals surface area contributed by atoms with Crippen LogP contribution in [0, 0.1) is 16.2 Å². The quantitative estimate of drug-likeness (QED) is 0.286. The Balaban J connectivity index is 2.99. The molecule has 0 radical (unpaired) electrons. The number of hydrogen-bond acceptors (Lipinski definition) is 2. The summed E-state index contributed by atoms with van der Waals surface area (Å²) in [6.45, 7) is 27.3. The number of aromatic nitrogens is 1. The van der Waals surface area contributed by atoms with E-state index in [-0.39, 0.29) is 27.6 Å². The highest BCUT2D eigenvalue weighted by Gasteiger charge is 2.54. The van der Waals surface area contributed by atoms with E-state index in [0.717, 1.165) is 13.7 Å². The fourth-order valence-corrected chi connectivity index (χ4v) is 19.8. The van der Waals surface area contributed by atoms with Crippen molar-refractivity contribution in [1.29, 1.82) is 0 Å². The van der Waals surface area contributed by atoms with E-state index in [1.165, 1.54) is 30.9 Å². The Morgan fingerprint density at radius 2 is 1.39 bits per heavy atom. The second-order valence-corrected chi connectivity index (χ2v) is 20.3. The molecule has 0 N–H and O–H groups in total. The van der Waals surface area contributed by atoms with Crippen molar-refractivity contribution in [3.63, 3.8) is 0 Å². The van der Waals surface area contributed by atoms with Crippen LogP contribution in [0.2, 0.25) is 0 Å². The lowest BCUT2D eigenvalue weighted by molar-refractivity contribution is 0.0591. The minimum Gasteiger partial charge on any atom is -0.464 e. The first-order chi connectivity index (χ1) is 13.7. The fraction of sp³-hybridized carbons (Fsp3) is 0.783. The van der Waals surface area contributed by atoms with Crippen LogP contribution < -0.4 is 0 Å². The van der Waals surface area contributed by atoms with Gasteiger partial charge in [0.1, 0.15) is 5.69 Å². The number of carbonyl (C=O) groups is 1. The van der Waals surface area contributed by atoms with E-state index < -0.39 is 15.3 Å². The van der Waals surface area contributed by atoms with Gasteiger partial charge in [0.2, 0.25) is 0 Å². The van der Waals surface area contributed by atoms with Crippen molar-refractivity contribution >= 4 is 48.5 Å². The number of nitrogens with zero attached hydrogens (tertiary/aromatic N) is 1. The molecule has 1 aliphatic heterocycles. The number of halogens is 1. The first kappa shape index (κ1) is 27.7. The molecule has 3 unspecified atom stereocenters. The second kappa shape index (κ2) is 8.94. The molecule has 0 saturated carbocycles. The standard InChI is InChI=1S/C23H40ClNO2P4/c1-20(2,3)15-14(18(26)27-13)25(29-28-15)31-17(22(7,8)9)16(21(4,5)6)30(24)19(31)23(10,11)12/h19H,1-13H3. The molecule has 1 aromatic rings. The molecule has 2 rings (SSSR count). The smallest absolute Gasteiger partial charge is 0.355 e. The van der Waals surface area contributed by atoms with Crippen LogP contribution in [0.25, 0.3) is 0 Å². The molecule has 0 fully saturated rings. The Labute approximate surface area is 200 Å². The molecule has 0 saturated heterocycles. The first-order valence-electron chi connectivity index (χ1n) is 10.8. The molecule has 3 nitrogen and oxygen atoms in total. The summed E-state index contributed by atoms with van der Waals surface area (Å²) in [7, 11) is 2.15. The average Bonchev–Trinajstić information content (AvgIpc) is 3.10. The number of ether oxygens (including phenoxy) is 1. The van der Waals surface area contributed by atoms with Crippen molar-refractivity contribution in [2.45, 2.75) is 93.9 Å². The van der Waals surface area contributed by atoms with Gasteiger partial charge < -0.3 is 4.74 Å². The van der Waals surface area contributed by atoms with Gasteiger partial charge in [-0.3, -0.25) is 4.10 Å². The molecule has 8 heteroatoms. The van der Waals surface area contributed by atoms with Crippen molar-refractivity contribution in [2.75, 3.05) is 7.11 Å². The SMILES string of the molecule is COC(=O)c1c(C(C)(C)C)ppn1P1C(C(C)(C)C)=C(C(C)(C)C)P(Cl)C1C(C)(C)C. The number of hydrogen-bond donors (Lipinski definition) is 0. The van der Waals surface area contributed by atoms with Gasteiger partial charge in [-0.1, -0.05) is 94.3 Å². The molecule has 1 aliphatic rings. The fourth-order valence-electron chi connectivity index (χ4n) is 4.03. The van der Waals surface area contributed by atoms with E-state index in [1.807, 2.05) is 0 Å². The Morgan fingerprint density at radius 1 is 0.903 bits per heavy atom. The molecule has 0 bridgehead atoms. The number of carbonyl (C=O) groups excluding carboxylic acids is 1. The molecule has 3 atom stereocenters. The molecular formula is C23H40ClNO2P4. The number of esters is 1. The zero-order valence-electron chi connectivity index (χ0n) is 21.5. The molecule has 31 heavy (non-hydrogen) atoms. The zero-order valence-corrected chi connectivity index (χ0v) is 25.8. The largest absolute Gasteiger partial charge is 0.464 e. The zero-order chi connectivity index (χ0) is 24.3. The van der Waals surface area contributed by atoms with Crippen LogP contribution in [0.4, 0.5) is 0 Å². The summed E-state index contributed by atoms with van der Waals surface area (Å²) < 4.78 is 7.73. The predicted molar refractivity (Wildman–Crippen MR) is 144 cm³/mol. The van der Waals surface area contributed by atoms with E-state index in [2.05, 4.69) is 87.2 Å². The summed E-state index contributed by atoms with van der Waals surface area (Å²) in [5, 5.41) is 4.40. The summed E-state index contributed by atoms with van der Waals surface area (Å²) in [6.07, 6.45) is 0. The number of allylic oxidation sites excluding steroid dienone is 2. The average molecular weight is 522 g/mol. The van der Waals surface area contributed by atoms with Crippen LogP contribution in [0.1, 0.15) is 98.9 Å².